The summed E-state index contributed by atoms with van der Waals surface area (Å²) in [5.41, 5.74) is 0.364. The van der Waals surface area contributed by atoms with Crippen molar-refractivity contribution in [1.82, 2.24) is 9.21 Å². The molecule has 1 amide bonds. The van der Waals surface area contributed by atoms with Crippen LogP contribution in [-0.4, -0.2) is 56.3 Å². The molecule has 0 aliphatic heterocycles. The molecular formula is C21H35N3O3S. The standard InChI is InChI=1S/C21H35N3O3S/c1-4-15-24(16-5-2)17-21(25)22-19-13-9-10-14-20(19)28(26,27)23(3)18-11-7-6-8-12-18/h9-10,13-14,18H,4-8,11-12,15-17H2,1-3H3,(H,22,25). The summed E-state index contributed by atoms with van der Waals surface area (Å²) >= 11 is 0. The average molecular weight is 410 g/mol. The molecule has 6 nitrogen and oxygen atoms in total. The number of amides is 1. The molecule has 0 aromatic heterocycles. The number of para-hydroxylation sites is 1. The number of nitrogens with zero attached hydrogens (tertiary/aromatic N) is 2. The number of sulfonamides is 1. The summed E-state index contributed by atoms with van der Waals surface area (Å²) in [6.07, 6.45) is 7.04. The second kappa shape index (κ2) is 10.9. The summed E-state index contributed by atoms with van der Waals surface area (Å²) in [5.74, 6) is -0.176. The van der Waals surface area contributed by atoms with Crippen LogP contribution >= 0.6 is 0 Å². The third-order valence-electron chi connectivity index (χ3n) is 5.35. The fraction of sp³-hybridized carbons (Fsp3) is 0.667. The SMILES string of the molecule is CCCN(CCC)CC(=O)Nc1ccccc1S(=O)(=O)N(C)C1CCCCC1. The molecule has 1 N–H and O–H groups in total. The molecule has 1 fully saturated rings. The van der Waals surface area contributed by atoms with Crippen molar-refractivity contribution in [2.75, 3.05) is 32.0 Å². The highest BCUT2D eigenvalue weighted by Crippen LogP contribution is 2.29. The molecule has 1 saturated carbocycles. The zero-order valence-corrected chi connectivity index (χ0v) is 18.3. The number of hydrogen-bond acceptors (Lipinski definition) is 4. The molecule has 0 bridgehead atoms. The molecule has 1 aromatic carbocycles. The molecule has 0 unspecified atom stereocenters. The predicted octanol–water partition coefficient (Wildman–Crippen LogP) is 3.70. The van der Waals surface area contributed by atoms with Crippen LogP contribution in [0.25, 0.3) is 0 Å². The Morgan fingerprint density at radius 2 is 1.68 bits per heavy atom. The largest absolute Gasteiger partial charge is 0.324 e. The van der Waals surface area contributed by atoms with Crippen LogP contribution in [0.1, 0.15) is 58.8 Å². The summed E-state index contributed by atoms with van der Waals surface area (Å²) < 4.78 is 27.9. The molecule has 0 atom stereocenters. The van der Waals surface area contributed by atoms with Gasteiger partial charge in [0.15, 0.2) is 0 Å². The number of nitrogens with one attached hydrogen (secondary N) is 1. The Kier molecular flexibility index (Phi) is 8.92. The molecule has 28 heavy (non-hydrogen) atoms. The minimum Gasteiger partial charge on any atom is -0.324 e. The van der Waals surface area contributed by atoms with Gasteiger partial charge in [0.25, 0.3) is 0 Å². The van der Waals surface area contributed by atoms with Crippen molar-refractivity contribution in [2.45, 2.75) is 69.7 Å². The average Bonchev–Trinajstić information content (AvgIpc) is 2.68. The first kappa shape index (κ1) is 22.8. The van der Waals surface area contributed by atoms with E-state index in [0.29, 0.717) is 5.69 Å². The molecule has 0 spiro atoms. The van der Waals surface area contributed by atoms with E-state index < -0.39 is 10.0 Å². The molecule has 1 aromatic rings. The lowest BCUT2D eigenvalue weighted by molar-refractivity contribution is -0.117. The van der Waals surface area contributed by atoms with Gasteiger partial charge < -0.3 is 5.32 Å². The molecule has 0 radical (unpaired) electrons. The Balaban J connectivity index is 2.16. The minimum absolute atomic E-state index is 0.0344. The van der Waals surface area contributed by atoms with Gasteiger partial charge in [0.05, 0.1) is 12.2 Å². The first-order valence-electron chi connectivity index (χ1n) is 10.5. The maximum Gasteiger partial charge on any atom is 0.245 e. The summed E-state index contributed by atoms with van der Waals surface area (Å²) in [6, 6.07) is 6.75. The van der Waals surface area contributed by atoms with E-state index in [1.165, 1.54) is 10.7 Å². The Morgan fingerprint density at radius 1 is 1.07 bits per heavy atom. The molecule has 1 aliphatic carbocycles. The number of anilines is 1. The fourth-order valence-electron chi connectivity index (χ4n) is 3.89. The van der Waals surface area contributed by atoms with E-state index in [1.807, 2.05) is 0 Å². The van der Waals surface area contributed by atoms with Crippen LogP contribution in [0.4, 0.5) is 5.69 Å². The molecule has 0 heterocycles. The van der Waals surface area contributed by atoms with Crippen molar-refractivity contribution in [1.29, 1.82) is 0 Å². The van der Waals surface area contributed by atoms with Crippen molar-refractivity contribution < 1.29 is 13.2 Å². The zero-order valence-electron chi connectivity index (χ0n) is 17.5. The molecule has 2 rings (SSSR count). The number of hydrogen-bond donors (Lipinski definition) is 1. The quantitative estimate of drug-likeness (QED) is 0.640. The van der Waals surface area contributed by atoms with Crippen LogP contribution in [0.5, 0.6) is 0 Å². The van der Waals surface area contributed by atoms with E-state index in [2.05, 4.69) is 24.1 Å². The van der Waals surface area contributed by atoms with Crippen LogP contribution < -0.4 is 5.32 Å². The van der Waals surface area contributed by atoms with Gasteiger partial charge in [-0.2, -0.15) is 4.31 Å². The Morgan fingerprint density at radius 3 is 2.29 bits per heavy atom. The fourth-order valence-corrected chi connectivity index (χ4v) is 5.45. The van der Waals surface area contributed by atoms with E-state index in [0.717, 1.165) is 51.6 Å². The molecule has 1 aliphatic rings. The highest BCUT2D eigenvalue weighted by Gasteiger charge is 2.31. The molecule has 7 heteroatoms. The van der Waals surface area contributed by atoms with E-state index >= 15 is 0 Å². The van der Waals surface area contributed by atoms with Crippen molar-refractivity contribution >= 4 is 21.6 Å². The lowest BCUT2D eigenvalue weighted by Crippen LogP contribution is -2.39. The topological polar surface area (TPSA) is 69.7 Å². The van der Waals surface area contributed by atoms with E-state index in [9.17, 15) is 13.2 Å². The maximum absolute atomic E-state index is 13.2. The Hall–Kier alpha value is -1.44. The Bertz CT molecular complexity index is 724. The number of carbonyl (C=O) groups excluding carboxylic acids is 1. The number of carbonyl (C=O) groups is 1. The van der Waals surface area contributed by atoms with E-state index in [-0.39, 0.29) is 23.4 Å². The van der Waals surface area contributed by atoms with E-state index in [4.69, 9.17) is 0 Å². The molecule has 158 valence electrons. The second-order valence-electron chi connectivity index (χ2n) is 7.63. The summed E-state index contributed by atoms with van der Waals surface area (Å²) in [6.45, 7) is 6.15. The highest BCUT2D eigenvalue weighted by molar-refractivity contribution is 7.89. The van der Waals surface area contributed by atoms with Crippen LogP contribution in [0.2, 0.25) is 0 Å². The van der Waals surface area contributed by atoms with Crippen LogP contribution in [-0.2, 0) is 14.8 Å². The van der Waals surface area contributed by atoms with Gasteiger partial charge in [-0.3, -0.25) is 9.69 Å². The lowest BCUT2D eigenvalue weighted by atomic mass is 9.96. The first-order chi connectivity index (χ1) is 13.4. The zero-order chi connectivity index (χ0) is 20.6. The first-order valence-corrected chi connectivity index (χ1v) is 11.9. The van der Waals surface area contributed by atoms with Crippen molar-refractivity contribution in [3.8, 4) is 0 Å². The third-order valence-corrected chi connectivity index (χ3v) is 7.32. The predicted molar refractivity (Wildman–Crippen MR) is 114 cm³/mol. The lowest BCUT2D eigenvalue weighted by Gasteiger charge is -2.31. The third kappa shape index (κ3) is 6.03. The van der Waals surface area contributed by atoms with Crippen LogP contribution in [0, 0.1) is 0 Å². The summed E-state index contributed by atoms with van der Waals surface area (Å²) in [4.78, 5) is 14.8. The van der Waals surface area contributed by atoms with Gasteiger partial charge in [-0.25, -0.2) is 8.42 Å². The van der Waals surface area contributed by atoms with Gasteiger partial charge in [0.1, 0.15) is 4.90 Å². The maximum atomic E-state index is 13.2. The normalized spacial score (nSPS) is 15.9. The highest BCUT2D eigenvalue weighted by atomic mass is 32.2. The van der Waals surface area contributed by atoms with E-state index in [1.54, 1.807) is 31.3 Å². The second-order valence-corrected chi connectivity index (χ2v) is 9.60. The van der Waals surface area contributed by atoms with Gasteiger partial charge in [0.2, 0.25) is 15.9 Å². The van der Waals surface area contributed by atoms with Crippen LogP contribution in [0.3, 0.4) is 0 Å². The molecular weight excluding hydrogens is 374 g/mol. The monoisotopic (exact) mass is 409 g/mol. The van der Waals surface area contributed by atoms with Crippen molar-refractivity contribution in [3.05, 3.63) is 24.3 Å². The van der Waals surface area contributed by atoms with Gasteiger partial charge in [0, 0.05) is 13.1 Å². The minimum atomic E-state index is -3.66. The summed E-state index contributed by atoms with van der Waals surface area (Å²) in [7, 11) is -2.00. The Labute approximate surface area is 170 Å². The van der Waals surface area contributed by atoms with Gasteiger partial charge in [-0.05, 0) is 50.9 Å². The van der Waals surface area contributed by atoms with Gasteiger partial charge >= 0.3 is 0 Å². The summed E-state index contributed by atoms with van der Waals surface area (Å²) in [5, 5.41) is 2.84. The smallest absolute Gasteiger partial charge is 0.245 e. The van der Waals surface area contributed by atoms with Crippen LogP contribution in [0.15, 0.2) is 29.2 Å². The van der Waals surface area contributed by atoms with Crippen molar-refractivity contribution in [3.63, 3.8) is 0 Å². The number of benzene rings is 1. The number of rotatable bonds is 10. The van der Waals surface area contributed by atoms with Crippen molar-refractivity contribution in [2.24, 2.45) is 0 Å². The van der Waals surface area contributed by atoms with Gasteiger partial charge in [-0.1, -0.05) is 45.2 Å². The van der Waals surface area contributed by atoms with Gasteiger partial charge in [-0.15, -0.1) is 0 Å². The molecule has 0 saturated heterocycles.